The van der Waals surface area contributed by atoms with Crippen molar-refractivity contribution in [2.45, 2.75) is 26.4 Å². The van der Waals surface area contributed by atoms with Crippen molar-refractivity contribution in [1.82, 2.24) is 5.32 Å². The molecule has 0 aliphatic rings. The molecule has 1 N–H and O–H groups in total. The number of hydrogen-bond donors (Lipinski definition) is 1. The number of amides is 1. The number of alkyl carbamates (subject to hydrolysis) is 1. The Morgan fingerprint density at radius 1 is 1.26 bits per heavy atom. The molecule has 0 aliphatic heterocycles. The average Bonchev–Trinajstić information content (AvgIpc) is 2.33. The van der Waals surface area contributed by atoms with Crippen molar-refractivity contribution < 1.29 is 19.0 Å². The van der Waals surface area contributed by atoms with Gasteiger partial charge in [-0.25, -0.2) is 4.79 Å². The van der Waals surface area contributed by atoms with E-state index in [-0.39, 0.29) is 0 Å². The van der Waals surface area contributed by atoms with Crippen LogP contribution >= 0.6 is 0 Å². The standard InChI is InChI=1S/C14H21NO4/c1-14(2,3)19-13(16)15-8-9-18-12-7-5-6-11(10-12)17-4/h5-7,10H,8-9H2,1-4H3,(H,15,16). The van der Waals surface area contributed by atoms with Gasteiger partial charge in [0.15, 0.2) is 0 Å². The second-order valence-electron chi connectivity index (χ2n) is 4.96. The van der Waals surface area contributed by atoms with Crippen LogP contribution in [0.5, 0.6) is 11.5 Å². The largest absolute Gasteiger partial charge is 0.497 e. The van der Waals surface area contributed by atoms with E-state index in [2.05, 4.69) is 5.32 Å². The molecule has 0 atom stereocenters. The summed E-state index contributed by atoms with van der Waals surface area (Å²) >= 11 is 0. The summed E-state index contributed by atoms with van der Waals surface area (Å²) in [7, 11) is 1.60. The molecular formula is C14H21NO4. The highest BCUT2D eigenvalue weighted by Gasteiger charge is 2.15. The molecule has 1 aromatic rings. The van der Waals surface area contributed by atoms with Gasteiger partial charge in [0.2, 0.25) is 0 Å². The molecular weight excluding hydrogens is 246 g/mol. The van der Waals surface area contributed by atoms with Crippen molar-refractivity contribution >= 4 is 6.09 Å². The van der Waals surface area contributed by atoms with Crippen LogP contribution in [0.4, 0.5) is 4.79 Å². The predicted molar refractivity (Wildman–Crippen MR) is 72.7 cm³/mol. The summed E-state index contributed by atoms with van der Waals surface area (Å²) in [6.07, 6.45) is -0.443. The predicted octanol–water partition coefficient (Wildman–Crippen LogP) is 2.60. The highest BCUT2D eigenvalue weighted by Crippen LogP contribution is 2.18. The zero-order valence-electron chi connectivity index (χ0n) is 11.9. The molecule has 1 rings (SSSR count). The first kappa shape index (κ1) is 15.1. The van der Waals surface area contributed by atoms with Crippen molar-refractivity contribution in [3.8, 4) is 11.5 Å². The second-order valence-corrected chi connectivity index (χ2v) is 4.96. The summed E-state index contributed by atoms with van der Waals surface area (Å²) < 4.78 is 15.7. The van der Waals surface area contributed by atoms with Crippen molar-refractivity contribution in [3.63, 3.8) is 0 Å². The van der Waals surface area contributed by atoms with E-state index in [4.69, 9.17) is 14.2 Å². The lowest BCUT2D eigenvalue weighted by atomic mass is 10.2. The van der Waals surface area contributed by atoms with Gasteiger partial charge >= 0.3 is 6.09 Å². The Kier molecular flexibility index (Phi) is 5.48. The van der Waals surface area contributed by atoms with Crippen LogP contribution in [-0.4, -0.2) is 32.0 Å². The highest BCUT2D eigenvalue weighted by molar-refractivity contribution is 5.67. The lowest BCUT2D eigenvalue weighted by Gasteiger charge is -2.19. The minimum absolute atomic E-state index is 0.367. The number of nitrogens with one attached hydrogen (secondary N) is 1. The van der Waals surface area contributed by atoms with Gasteiger partial charge in [0.25, 0.3) is 0 Å². The summed E-state index contributed by atoms with van der Waals surface area (Å²) in [4.78, 5) is 11.4. The van der Waals surface area contributed by atoms with Crippen molar-refractivity contribution in [2.75, 3.05) is 20.3 Å². The molecule has 0 saturated carbocycles. The quantitative estimate of drug-likeness (QED) is 0.833. The van der Waals surface area contributed by atoms with E-state index in [1.807, 2.05) is 39.0 Å². The summed E-state index contributed by atoms with van der Waals surface area (Å²) in [5.74, 6) is 1.43. The molecule has 5 heteroatoms. The van der Waals surface area contributed by atoms with E-state index in [0.717, 1.165) is 5.75 Å². The first-order valence-corrected chi connectivity index (χ1v) is 6.14. The molecule has 0 aromatic heterocycles. The number of ether oxygens (including phenoxy) is 3. The Bertz CT molecular complexity index is 412. The maximum atomic E-state index is 11.4. The van der Waals surface area contributed by atoms with Crippen LogP contribution in [0.25, 0.3) is 0 Å². The number of methoxy groups -OCH3 is 1. The molecule has 0 aliphatic carbocycles. The fourth-order valence-electron chi connectivity index (χ4n) is 1.33. The number of carbonyl (C=O) groups is 1. The van der Waals surface area contributed by atoms with E-state index in [0.29, 0.717) is 18.9 Å². The van der Waals surface area contributed by atoms with Gasteiger partial charge in [0.05, 0.1) is 13.7 Å². The maximum absolute atomic E-state index is 11.4. The SMILES string of the molecule is COc1cccc(OCCNC(=O)OC(C)(C)C)c1. The molecule has 19 heavy (non-hydrogen) atoms. The van der Waals surface area contributed by atoms with Gasteiger partial charge in [-0.2, -0.15) is 0 Å². The first-order chi connectivity index (χ1) is 8.90. The number of rotatable bonds is 5. The van der Waals surface area contributed by atoms with Crippen LogP contribution < -0.4 is 14.8 Å². The Labute approximate surface area is 113 Å². The summed E-state index contributed by atoms with van der Waals surface area (Å²) in [6.45, 7) is 6.20. The first-order valence-electron chi connectivity index (χ1n) is 6.14. The van der Waals surface area contributed by atoms with Gasteiger partial charge in [-0.1, -0.05) is 6.07 Å². The third-order valence-corrected chi connectivity index (χ3v) is 2.08. The van der Waals surface area contributed by atoms with Crippen LogP contribution in [0.15, 0.2) is 24.3 Å². The number of carbonyl (C=O) groups excluding carboxylic acids is 1. The van der Waals surface area contributed by atoms with E-state index in [1.165, 1.54) is 0 Å². The second kappa shape index (κ2) is 6.87. The number of benzene rings is 1. The highest BCUT2D eigenvalue weighted by atomic mass is 16.6. The third kappa shape index (κ3) is 6.55. The zero-order valence-corrected chi connectivity index (χ0v) is 11.9. The van der Waals surface area contributed by atoms with Gasteiger partial charge in [-0.3, -0.25) is 0 Å². The van der Waals surface area contributed by atoms with Crippen LogP contribution in [0.3, 0.4) is 0 Å². The number of hydrogen-bond acceptors (Lipinski definition) is 4. The average molecular weight is 267 g/mol. The molecule has 5 nitrogen and oxygen atoms in total. The van der Waals surface area contributed by atoms with Crippen LogP contribution in [0.2, 0.25) is 0 Å². The van der Waals surface area contributed by atoms with Crippen molar-refractivity contribution in [1.29, 1.82) is 0 Å². The Morgan fingerprint density at radius 3 is 2.58 bits per heavy atom. The molecule has 0 spiro atoms. The fourth-order valence-corrected chi connectivity index (χ4v) is 1.33. The van der Waals surface area contributed by atoms with Gasteiger partial charge in [0.1, 0.15) is 23.7 Å². The zero-order chi connectivity index (χ0) is 14.3. The van der Waals surface area contributed by atoms with Crippen molar-refractivity contribution in [3.05, 3.63) is 24.3 Å². The molecule has 0 fully saturated rings. The Morgan fingerprint density at radius 2 is 1.95 bits per heavy atom. The summed E-state index contributed by atoms with van der Waals surface area (Å²) in [6, 6.07) is 7.30. The molecule has 0 heterocycles. The van der Waals surface area contributed by atoms with E-state index < -0.39 is 11.7 Å². The third-order valence-electron chi connectivity index (χ3n) is 2.08. The molecule has 0 unspecified atom stereocenters. The molecule has 0 saturated heterocycles. The minimum atomic E-state index is -0.488. The Hall–Kier alpha value is -1.91. The lowest BCUT2D eigenvalue weighted by molar-refractivity contribution is 0.0520. The maximum Gasteiger partial charge on any atom is 0.407 e. The molecule has 0 radical (unpaired) electrons. The lowest BCUT2D eigenvalue weighted by Crippen LogP contribution is -2.34. The fraction of sp³-hybridized carbons (Fsp3) is 0.500. The van der Waals surface area contributed by atoms with Crippen LogP contribution in [0, 0.1) is 0 Å². The molecule has 106 valence electrons. The monoisotopic (exact) mass is 267 g/mol. The summed E-state index contributed by atoms with van der Waals surface area (Å²) in [5, 5.41) is 2.62. The van der Waals surface area contributed by atoms with Crippen LogP contribution in [0.1, 0.15) is 20.8 Å². The van der Waals surface area contributed by atoms with Gasteiger partial charge < -0.3 is 19.5 Å². The van der Waals surface area contributed by atoms with Crippen molar-refractivity contribution in [2.24, 2.45) is 0 Å². The van der Waals surface area contributed by atoms with Gasteiger partial charge in [-0.15, -0.1) is 0 Å². The normalized spacial score (nSPS) is 10.7. The molecule has 1 aromatic carbocycles. The molecule has 1 amide bonds. The van der Waals surface area contributed by atoms with Gasteiger partial charge in [0, 0.05) is 6.07 Å². The van der Waals surface area contributed by atoms with E-state index in [9.17, 15) is 4.79 Å². The van der Waals surface area contributed by atoms with E-state index >= 15 is 0 Å². The minimum Gasteiger partial charge on any atom is -0.497 e. The van der Waals surface area contributed by atoms with E-state index in [1.54, 1.807) is 13.2 Å². The van der Waals surface area contributed by atoms with Gasteiger partial charge in [-0.05, 0) is 32.9 Å². The summed E-state index contributed by atoms with van der Waals surface area (Å²) in [5.41, 5.74) is -0.488. The smallest absolute Gasteiger partial charge is 0.407 e. The molecule has 0 bridgehead atoms. The topological polar surface area (TPSA) is 56.8 Å². The Balaban J connectivity index is 2.25. The van der Waals surface area contributed by atoms with Crippen LogP contribution in [-0.2, 0) is 4.74 Å².